The summed E-state index contributed by atoms with van der Waals surface area (Å²) in [4.78, 5) is 24.8. The number of carbonyl (C=O) groups is 2. The van der Waals surface area contributed by atoms with E-state index in [-0.39, 0.29) is 30.0 Å². The summed E-state index contributed by atoms with van der Waals surface area (Å²) >= 11 is 0. The van der Waals surface area contributed by atoms with Gasteiger partial charge in [-0.05, 0) is 23.6 Å². The molecule has 0 aromatic heterocycles. The van der Waals surface area contributed by atoms with E-state index in [1.165, 1.54) is 12.1 Å². The number of carbonyl (C=O) groups excluding carboxylic acids is 1. The van der Waals surface area contributed by atoms with Crippen molar-refractivity contribution in [1.82, 2.24) is 4.90 Å². The number of amides is 1. The minimum atomic E-state index is -1.19. The highest BCUT2D eigenvalue weighted by molar-refractivity contribution is 5.80. The molecule has 1 aliphatic rings. The van der Waals surface area contributed by atoms with Gasteiger partial charge in [-0.25, -0.2) is 4.39 Å². The van der Waals surface area contributed by atoms with Crippen molar-refractivity contribution in [2.24, 2.45) is 11.8 Å². The predicted octanol–water partition coefficient (Wildman–Crippen LogP) is 1.79. The van der Waals surface area contributed by atoms with Crippen LogP contribution >= 0.6 is 0 Å². The Bertz CT molecular complexity index is 752. The maximum absolute atomic E-state index is 13.1. The highest BCUT2D eigenvalue weighted by Crippen LogP contribution is 2.32. The number of hydrogen-bond acceptors (Lipinski definition) is 4. The Hall–Kier alpha value is -2.43. The lowest BCUT2D eigenvalue weighted by atomic mass is 9.88. The lowest BCUT2D eigenvalue weighted by molar-refractivity contribution is -0.139. The summed E-state index contributed by atoms with van der Waals surface area (Å²) in [5.41, 5.74) is 0.781. The third-order valence-electron chi connectivity index (χ3n) is 4.90. The van der Waals surface area contributed by atoms with Gasteiger partial charge in [0.1, 0.15) is 11.9 Å². The molecule has 1 saturated heterocycles. The van der Waals surface area contributed by atoms with E-state index in [9.17, 15) is 24.2 Å². The molecule has 1 heterocycles. The summed E-state index contributed by atoms with van der Waals surface area (Å²) in [5, 5.41) is 28.3. The van der Waals surface area contributed by atoms with Gasteiger partial charge in [-0.1, -0.05) is 37.8 Å². The highest BCUT2D eigenvalue weighted by Gasteiger charge is 2.40. The fraction of sp³-hybridized carbons (Fsp3) is 0.524. The van der Waals surface area contributed by atoms with Gasteiger partial charge in [0.05, 0.1) is 18.6 Å². The van der Waals surface area contributed by atoms with E-state index in [0.717, 1.165) is 5.56 Å². The molecule has 0 spiro atoms. The molecule has 0 saturated carbocycles. The summed E-state index contributed by atoms with van der Waals surface area (Å²) in [5.74, 6) is 4.23. The van der Waals surface area contributed by atoms with Gasteiger partial charge in [0, 0.05) is 25.3 Å². The molecule has 3 N–H and O–H groups in total. The van der Waals surface area contributed by atoms with Crippen LogP contribution in [-0.2, 0) is 16.1 Å². The standard InChI is InChI=1S/C21H26FNO5/c1-13(2)18-11-20(26)23(12-14-3-5-15(22)6-4-14)19(18)8-7-16(24)9-17(25)10-21(27)28/h3-6,13,16-19,24-25H,9-12H2,1-2H3,(H,27,28). The van der Waals surface area contributed by atoms with Crippen LogP contribution in [0.3, 0.4) is 0 Å². The molecular formula is C21H26FNO5. The number of benzene rings is 1. The number of carboxylic acid groups (broad SMARTS) is 1. The molecule has 0 aliphatic carbocycles. The highest BCUT2D eigenvalue weighted by atomic mass is 19.1. The van der Waals surface area contributed by atoms with E-state index in [1.807, 2.05) is 13.8 Å². The van der Waals surface area contributed by atoms with Crippen LogP contribution in [0.1, 0.15) is 38.7 Å². The van der Waals surface area contributed by atoms with Crippen molar-refractivity contribution >= 4 is 11.9 Å². The van der Waals surface area contributed by atoms with Crippen LogP contribution in [0, 0.1) is 29.5 Å². The number of nitrogens with zero attached hydrogens (tertiary/aromatic N) is 1. The Balaban J connectivity index is 2.15. The molecule has 1 amide bonds. The quantitative estimate of drug-likeness (QED) is 0.616. The third-order valence-corrected chi connectivity index (χ3v) is 4.90. The number of aliphatic carboxylic acids is 1. The average molecular weight is 391 g/mol. The summed E-state index contributed by atoms with van der Waals surface area (Å²) < 4.78 is 13.1. The molecular weight excluding hydrogens is 365 g/mol. The second-order valence-electron chi connectivity index (χ2n) is 7.50. The number of halogens is 1. The van der Waals surface area contributed by atoms with Crippen LogP contribution in [0.25, 0.3) is 0 Å². The van der Waals surface area contributed by atoms with Crippen molar-refractivity contribution in [3.63, 3.8) is 0 Å². The van der Waals surface area contributed by atoms with Gasteiger partial charge in [0.25, 0.3) is 0 Å². The lowest BCUT2D eigenvalue weighted by Gasteiger charge is -2.26. The topological polar surface area (TPSA) is 98.1 Å². The number of rotatable bonds is 7. The maximum atomic E-state index is 13.1. The molecule has 0 radical (unpaired) electrons. The normalized spacial score (nSPS) is 21.4. The van der Waals surface area contributed by atoms with E-state index in [2.05, 4.69) is 11.8 Å². The third kappa shape index (κ3) is 6.04. The Morgan fingerprint density at radius 2 is 1.93 bits per heavy atom. The van der Waals surface area contributed by atoms with Crippen LogP contribution in [0.15, 0.2) is 24.3 Å². The second-order valence-corrected chi connectivity index (χ2v) is 7.50. The van der Waals surface area contributed by atoms with Crippen LogP contribution in [0.4, 0.5) is 4.39 Å². The predicted molar refractivity (Wildman–Crippen MR) is 100 cm³/mol. The molecule has 7 heteroatoms. The number of aliphatic hydroxyl groups excluding tert-OH is 2. The zero-order valence-corrected chi connectivity index (χ0v) is 16.0. The number of carboxylic acids is 1. The number of likely N-dealkylation sites (tertiary alicyclic amines) is 1. The van der Waals surface area contributed by atoms with Crippen LogP contribution in [0.2, 0.25) is 0 Å². The van der Waals surface area contributed by atoms with Gasteiger partial charge in [-0.15, -0.1) is 0 Å². The number of aliphatic hydroxyl groups is 2. The fourth-order valence-electron chi connectivity index (χ4n) is 3.36. The van der Waals surface area contributed by atoms with E-state index in [1.54, 1.807) is 17.0 Å². The van der Waals surface area contributed by atoms with Gasteiger partial charge in [-0.3, -0.25) is 9.59 Å². The first kappa shape index (κ1) is 21.9. The van der Waals surface area contributed by atoms with Crippen LogP contribution in [0.5, 0.6) is 0 Å². The van der Waals surface area contributed by atoms with E-state index in [4.69, 9.17) is 5.11 Å². The van der Waals surface area contributed by atoms with Gasteiger partial charge >= 0.3 is 5.97 Å². The molecule has 1 fully saturated rings. The Morgan fingerprint density at radius 1 is 1.29 bits per heavy atom. The van der Waals surface area contributed by atoms with Gasteiger partial charge in [0.15, 0.2) is 0 Å². The van der Waals surface area contributed by atoms with Crippen molar-refractivity contribution in [3.8, 4) is 11.8 Å². The molecule has 152 valence electrons. The minimum Gasteiger partial charge on any atom is -0.481 e. The van der Waals surface area contributed by atoms with E-state index < -0.39 is 30.6 Å². The molecule has 6 nitrogen and oxygen atoms in total. The summed E-state index contributed by atoms with van der Waals surface area (Å²) in [7, 11) is 0. The zero-order chi connectivity index (χ0) is 20.8. The largest absolute Gasteiger partial charge is 0.481 e. The maximum Gasteiger partial charge on any atom is 0.305 e. The SMILES string of the molecule is CC(C)C1CC(=O)N(Cc2ccc(F)cc2)C1C#CC(O)CC(O)CC(=O)O. The smallest absolute Gasteiger partial charge is 0.305 e. The molecule has 1 aromatic carbocycles. The summed E-state index contributed by atoms with van der Waals surface area (Å²) in [6.07, 6.45) is -2.68. The van der Waals surface area contributed by atoms with Crippen molar-refractivity contribution < 1.29 is 29.3 Å². The molecule has 4 unspecified atom stereocenters. The zero-order valence-electron chi connectivity index (χ0n) is 16.0. The van der Waals surface area contributed by atoms with Gasteiger partial charge < -0.3 is 20.2 Å². The summed E-state index contributed by atoms with van der Waals surface area (Å²) in [6, 6.07) is 5.50. The Morgan fingerprint density at radius 3 is 2.50 bits per heavy atom. The van der Waals surface area contributed by atoms with E-state index >= 15 is 0 Å². The molecule has 1 aliphatic heterocycles. The number of hydrogen-bond donors (Lipinski definition) is 3. The minimum absolute atomic E-state index is 0.0170. The first-order valence-corrected chi connectivity index (χ1v) is 9.30. The molecule has 2 rings (SSSR count). The van der Waals surface area contributed by atoms with Crippen LogP contribution < -0.4 is 0 Å². The molecule has 4 atom stereocenters. The van der Waals surface area contributed by atoms with E-state index in [0.29, 0.717) is 13.0 Å². The van der Waals surface area contributed by atoms with Gasteiger partial charge in [-0.2, -0.15) is 0 Å². The second kappa shape index (κ2) is 9.67. The van der Waals surface area contributed by atoms with Crippen molar-refractivity contribution in [1.29, 1.82) is 0 Å². The lowest BCUT2D eigenvalue weighted by Crippen LogP contribution is -2.35. The average Bonchev–Trinajstić information content (AvgIpc) is 2.90. The van der Waals surface area contributed by atoms with Crippen molar-refractivity contribution in [2.75, 3.05) is 0 Å². The Labute approximate surface area is 164 Å². The monoisotopic (exact) mass is 391 g/mol. The van der Waals surface area contributed by atoms with Crippen molar-refractivity contribution in [2.45, 2.75) is 57.9 Å². The van der Waals surface area contributed by atoms with Crippen LogP contribution in [-0.4, -0.2) is 50.3 Å². The summed E-state index contributed by atoms with van der Waals surface area (Å²) in [6.45, 7) is 4.29. The first-order chi connectivity index (χ1) is 13.2. The molecule has 0 bridgehead atoms. The first-order valence-electron chi connectivity index (χ1n) is 9.30. The molecule has 1 aromatic rings. The molecule has 28 heavy (non-hydrogen) atoms. The van der Waals surface area contributed by atoms with Gasteiger partial charge in [0.2, 0.25) is 5.91 Å². The Kier molecular flexibility index (Phi) is 7.55. The fourth-order valence-corrected chi connectivity index (χ4v) is 3.36. The van der Waals surface area contributed by atoms with Crippen molar-refractivity contribution in [3.05, 3.63) is 35.6 Å².